The van der Waals surface area contributed by atoms with E-state index in [0.717, 1.165) is 31.2 Å². The van der Waals surface area contributed by atoms with E-state index in [2.05, 4.69) is 0 Å². The Bertz CT molecular complexity index is 504. The number of esters is 1. The fraction of sp³-hybridized carbons (Fsp3) is 0.529. The zero-order chi connectivity index (χ0) is 15.9. The average molecular weight is 304 g/mol. The standard InChI is InChI=1S/C17H23NO4/c18-11-13-1-6-14(7-2-13)17(21)22-15-8-3-12(4-9-15)5-10-16(19)20/h3-4,8-9,13-14H,1-2,5-7,10-11,18H2,(H,19,20)/p-1. The molecule has 0 bridgehead atoms. The molecule has 1 saturated carbocycles. The molecule has 0 aromatic heterocycles. The lowest BCUT2D eigenvalue weighted by Crippen LogP contribution is -2.28. The zero-order valence-corrected chi connectivity index (χ0v) is 12.6. The van der Waals surface area contributed by atoms with Crippen molar-refractivity contribution in [3.63, 3.8) is 0 Å². The number of carboxylic acid groups (broad SMARTS) is 1. The van der Waals surface area contributed by atoms with Gasteiger partial charge >= 0.3 is 5.97 Å². The number of aliphatic carboxylic acids is 1. The van der Waals surface area contributed by atoms with Crippen molar-refractivity contribution in [1.82, 2.24) is 0 Å². The van der Waals surface area contributed by atoms with E-state index in [-0.39, 0.29) is 18.3 Å². The molecule has 22 heavy (non-hydrogen) atoms. The number of hydrogen-bond acceptors (Lipinski definition) is 5. The molecule has 1 aliphatic carbocycles. The minimum atomic E-state index is -1.07. The van der Waals surface area contributed by atoms with Crippen LogP contribution in [0.4, 0.5) is 0 Å². The molecule has 1 aliphatic rings. The Morgan fingerprint density at radius 3 is 2.32 bits per heavy atom. The molecular weight excluding hydrogens is 282 g/mol. The van der Waals surface area contributed by atoms with Crippen LogP contribution in [0.3, 0.4) is 0 Å². The Hall–Kier alpha value is -1.88. The molecule has 120 valence electrons. The van der Waals surface area contributed by atoms with Crippen LogP contribution in [0.25, 0.3) is 0 Å². The van der Waals surface area contributed by atoms with Gasteiger partial charge in [-0.3, -0.25) is 4.79 Å². The molecule has 0 spiro atoms. The third-order valence-corrected chi connectivity index (χ3v) is 4.27. The zero-order valence-electron chi connectivity index (χ0n) is 12.6. The fourth-order valence-corrected chi connectivity index (χ4v) is 2.80. The minimum Gasteiger partial charge on any atom is -0.550 e. The first-order valence-electron chi connectivity index (χ1n) is 7.79. The largest absolute Gasteiger partial charge is 0.550 e. The van der Waals surface area contributed by atoms with Crippen molar-refractivity contribution in [3.05, 3.63) is 29.8 Å². The van der Waals surface area contributed by atoms with Gasteiger partial charge in [0.2, 0.25) is 0 Å². The quantitative estimate of drug-likeness (QED) is 0.626. The number of hydrogen-bond donors (Lipinski definition) is 1. The van der Waals surface area contributed by atoms with Gasteiger partial charge in [0, 0.05) is 5.97 Å². The van der Waals surface area contributed by atoms with Gasteiger partial charge in [-0.25, -0.2) is 0 Å². The summed E-state index contributed by atoms with van der Waals surface area (Å²) in [7, 11) is 0. The third-order valence-electron chi connectivity index (χ3n) is 4.27. The lowest BCUT2D eigenvalue weighted by atomic mass is 9.82. The molecule has 0 radical (unpaired) electrons. The van der Waals surface area contributed by atoms with Crippen LogP contribution >= 0.6 is 0 Å². The first kappa shape index (κ1) is 16.5. The van der Waals surface area contributed by atoms with Gasteiger partial charge in [0.05, 0.1) is 5.92 Å². The molecule has 1 fully saturated rings. The molecule has 5 heteroatoms. The molecule has 1 aromatic rings. The number of ether oxygens (including phenoxy) is 1. The van der Waals surface area contributed by atoms with Crippen molar-refractivity contribution >= 4 is 11.9 Å². The Morgan fingerprint density at radius 2 is 1.77 bits per heavy atom. The van der Waals surface area contributed by atoms with E-state index in [9.17, 15) is 14.7 Å². The van der Waals surface area contributed by atoms with E-state index in [1.165, 1.54) is 0 Å². The Labute approximate surface area is 130 Å². The van der Waals surface area contributed by atoms with Gasteiger partial charge in [-0.15, -0.1) is 0 Å². The van der Waals surface area contributed by atoms with Gasteiger partial charge in [0.15, 0.2) is 0 Å². The SMILES string of the molecule is NCC1CCC(C(=O)Oc2ccc(CCC(=O)[O-])cc2)CC1. The number of benzene rings is 1. The summed E-state index contributed by atoms with van der Waals surface area (Å²) in [6.45, 7) is 0.690. The molecule has 2 rings (SSSR count). The van der Waals surface area contributed by atoms with Crippen LogP contribution in [0.5, 0.6) is 5.75 Å². The van der Waals surface area contributed by atoms with E-state index in [1.807, 2.05) is 0 Å². The van der Waals surface area contributed by atoms with Crippen LogP contribution in [-0.4, -0.2) is 18.5 Å². The number of carboxylic acids is 1. The summed E-state index contributed by atoms with van der Waals surface area (Å²) >= 11 is 0. The van der Waals surface area contributed by atoms with Crippen molar-refractivity contribution < 1.29 is 19.4 Å². The highest BCUT2D eigenvalue weighted by atomic mass is 16.5. The molecule has 0 saturated heterocycles. The van der Waals surface area contributed by atoms with Crippen LogP contribution in [0.1, 0.15) is 37.7 Å². The van der Waals surface area contributed by atoms with E-state index < -0.39 is 5.97 Å². The van der Waals surface area contributed by atoms with E-state index >= 15 is 0 Å². The Kier molecular flexibility index (Phi) is 5.95. The van der Waals surface area contributed by atoms with Gasteiger partial charge < -0.3 is 20.4 Å². The monoisotopic (exact) mass is 304 g/mol. The van der Waals surface area contributed by atoms with Gasteiger partial charge in [0.1, 0.15) is 5.75 Å². The second-order valence-electron chi connectivity index (χ2n) is 5.89. The summed E-state index contributed by atoms with van der Waals surface area (Å²) in [6.07, 6.45) is 4.05. The van der Waals surface area contributed by atoms with Crippen molar-refractivity contribution in [2.75, 3.05) is 6.54 Å². The van der Waals surface area contributed by atoms with Gasteiger partial charge in [0.25, 0.3) is 0 Å². The molecule has 1 aromatic carbocycles. The highest BCUT2D eigenvalue weighted by molar-refractivity contribution is 5.75. The average Bonchev–Trinajstić information content (AvgIpc) is 2.54. The summed E-state index contributed by atoms with van der Waals surface area (Å²) < 4.78 is 5.40. The predicted molar refractivity (Wildman–Crippen MR) is 79.9 cm³/mol. The first-order valence-corrected chi connectivity index (χ1v) is 7.79. The fourth-order valence-electron chi connectivity index (χ4n) is 2.80. The van der Waals surface area contributed by atoms with E-state index in [0.29, 0.717) is 24.6 Å². The van der Waals surface area contributed by atoms with Crippen LogP contribution in [0.15, 0.2) is 24.3 Å². The highest BCUT2D eigenvalue weighted by Crippen LogP contribution is 2.29. The molecular formula is C17H22NO4-. The lowest BCUT2D eigenvalue weighted by molar-refractivity contribution is -0.305. The maximum absolute atomic E-state index is 12.1. The Balaban J connectivity index is 1.83. The normalized spacial score (nSPS) is 21.3. The molecule has 0 amide bonds. The van der Waals surface area contributed by atoms with E-state index in [1.54, 1.807) is 24.3 Å². The molecule has 2 N–H and O–H groups in total. The third kappa shape index (κ3) is 4.84. The number of carbonyl (C=O) groups is 2. The number of rotatable bonds is 6. The summed E-state index contributed by atoms with van der Waals surface area (Å²) in [5.74, 6) is -0.252. The summed E-state index contributed by atoms with van der Waals surface area (Å²) in [6, 6.07) is 6.95. The molecule has 0 atom stereocenters. The van der Waals surface area contributed by atoms with Crippen LogP contribution in [0, 0.1) is 11.8 Å². The molecule has 0 aliphatic heterocycles. The van der Waals surface area contributed by atoms with Crippen molar-refractivity contribution in [2.24, 2.45) is 17.6 Å². The Morgan fingerprint density at radius 1 is 1.14 bits per heavy atom. The minimum absolute atomic E-state index is 0.0104. The summed E-state index contributed by atoms with van der Waals surface area (Å²) in [5.41, 5.74) is 6.53. The van der Waals surface area contributed by atoms with Gasteiger partial charge in [-0.05, 0) is 68.7 Å². The molecule has 0 unspecified atom stereocenters. The summed E-state index contributed by atoms with van der Waals surface area (Å²) in [5, 5.41) is 10.4. The van der Waals surface area contributed by atoms with Crippen molar-refractivity contribution in [3.8, 4) is 5.75 Å². The van der Waals surface area contributed by atoms with Crippen molar-refractivity contribution in [1.29, 1.82) is 0 Å². The first-order chi connectivity index (χ1) is 10.6. The van der Waals surface area contributed by atoms with Crippen LogP contribution in [-0.2, 0) is 16.0 Å². The van der Waals surface area contributed by atoms with Crippen molar-refractivity contribution in [2.45, 2.75) is 38.5 Å². The number of aryl methyl sites for hydroxylation is 1. The lowest BCUT2D eigenvalue weighted by Gasteiger charge is -2.26. The summed E-state index contributed by atoms with van der Waals surface area (Å²) in [4.78, 5) is 22.5. The molecule has 0 heterocycles. The maximum Gasteiger partial charge on any atom is 0.314 e. The second-order valence-corrected chi connectivity index (χ2v) is 5.89. The number of carbonyl (C=O) groups excluding carboxylic acids is 2. The van der Waals surface area contributed by atoms with Crippen LogP contribution < -0.4 is 15.6 Å². The van der Waals surface area contributed by atoms with E-state index in [4.69, 9.17) is 10.5 Å². The molecule has 5 nitrogen and oxygen atoms in total. The predicted octanol–water partition coefficient (Wildman–Crippen LogP) is 1.04. The second kappa shape index (κ2) is 7.94. The highest BCUT2D eigenvalue weighted by Gasteiger charge is 2.27. The number of nitrogens with two attached hydrogens (primary N) is 1. The maximum atomic E-state index is 12.1. The van der Waals surface area contributed by atoms with Gasteiger partial charge in [-0.2, -0.15) is 0 Å². The topological polar surface area (TPSA) is 92.5 Å². The smallest absolute Gasteiger partial charge is 0.314 e. The van der Waals surface area contributed by atoms with Crippen LogP contribution in [0.2, 0.25) is 0 Å². The van der Waals surface area contributed by atoms with Gasteiger partial charge in [-0.1, -0.05) is 12.1 Å².